The lowest BCUT2D eigenvalue weighted by Crippen LogP contribution is -2.56. The number of aromatic nitrogens is 2. The summed E-state index contributed by atoms with van der Waals surface area (Å²) in [4.78, 5) is 12.6. The number of nitrogens with zero attached hydrogens (tertiary/aromatic N) is 1. The van der Waals surface area contributed by atoms with Crippen molar-refractivity contribution in [2.45, 2.75) is 76.7 Å². The first-order valence-electron chi connectivity index (χ1n) is 9.23. The highest BCUT2D eigenvalue weighted by molar-refractivity contribution is 5.90. The van der Waals surface area contributed by atoms with E-state index in [9.17, 15) is 9.90 Å². The van der Waals surface area contributed by atoms with Crippen LogP contribution in [0.3, 0.4) is 0 Å². The van der Waals surface area contributed by atoms with Gasteiger partial charge in [-0.25, -0.2) is 0 Å². The highest BCUT2D eigenvalue weighted by Crippen LogP contribution is 2.62. The number of carbonyl (C=O) groups excluding carboxylic acids is 1. The van der Waals surface area contributed by atoms with Gasteiger partial charge in [0.2, 0.25) is 5.91 Å². The van der Waals surface area contributed by atoms with E-state index in [1.54, 1.807) is 0 Å². The van der Waals surface area contributed by atoms with E-state index < -0.39 is 5.60 Å². The maximum atomic E-state index is 12.6. The normalized spacial score (nSPS) is 37.7. The maximum absolute atomic E-state index is 12.6. The minimum Gasteiger partial charge on any atom is -0.390 e. The van der Waals surface area contributed by atoms with Crippen molar-refractivity contribution >= 4 is 11.7 Å². The van der Waals surface area contributed by atoms with Gasteiger partial charge >= 0.3 is 0 Å². The summed E-state index contributed by atoms with van der Waals surface area (Å²) in [6.45, 7) is 6.34. The van der Waals surface area contributed by atoms with Crippen LogP contribution in [0, 0.1) is 17.3 Å². The van der Waals surface area contributed by atoms with Crippen molar-refractivity contribution < 1.29 is 9.90 Å². The van der Waals surface area contributed by atoms with E-state index in [4.69, 9.17) is 0 Å². The summed E-state index contributed by atoms with van der Waals surface area (Å²) in [6.07, 6.45) is 6.66. The summed E-state index contributed by atoms with van der Waals surface area (Å²) >= 11 is 0. The van der Waals surface area contributed by atoms with E-state index in [2.05, 4.69) is 36.3 Å². The van der Waals surface area contributed by atoms with Crippen molar-refractivity contribution in [1.29, 1.82) is 0 Å². The van der Waals surface area contributed by atoms with Gasteiger partial charge in [-0.1, -0.05) is 20.8 Å². The van der Waals surface area contributed by atoms with Crippen molar-refractivity contribution in [3.05, 3.63) is 11.8 Å². The van der Waals surface area contributed by atoms with Gasteiger partial charge < -0.3 is 10.4 Å². The highest BCUT2D eigenvalue weighted by atomic mass is 16.3. The molecule has 24 heavy (non-hydrogen) atoms. The second kappa shape index (κ2) is 5.07. The van der Waals surface area contributed by atoms with Crippen molar-refractivity contribution in [3.8, 4) is 0 Å². The number of H-pyrrole nitrogens is 1. The molecule has 0 saturated heterocycles. The summed E-state index contributed by atoms with van der Waals surface area (Å²) in [5.41, 5.74) is 0.503. The molecule has 5 heteroatoms. The van der Waals surface area contributed by atoms with E-state index in [0.717, 1.165) is 37.8 Å². The molecule has 132 valence electrons. The molecule has 5 rings (SSSR count). The number of nitrogens with one attached hydrogen (secondary N) is 2. The first-order chi connectivity index (χ1) is 11.1. The van der Waals surface area contributed by atoms with Crippen LogP contribution >= 0.6 is 0 Å². The van der Waals surface area contributed by atoms with Crippen LogP contribution in [-0.4, -0.2) is 26.8 Å². The molecule has 4 bridgehead atoms. The predicted octanol–water partition coefficient (Wildman–Crippen LogP) is 3.37. The Hall–Kier alpha value is -1.36. The van der Waals surface area contributed by atoms with Gasteiger partial charge in [-0.3, -0.25) is 9.89 Å². The first-order valence-corrected chi connectivity index (χ1v) is 9.23. The Morgan fingerprint density at radius 1 is 1.33 bits per heavy atom. The number of hydrogen-bond donors (Lipinski definition) is 3. The molecule has 1 amide bonds. The van der Waals surface area contributed by atoms with Crippen LogP contribution < -0.4 is 5.32 Å². The van der Waals surface area contributed by atoms with E-state index in [1.165, 1.54) is 6.42 Å². The summed E-state index contributed by atoms with van der Waals surface area (Å²) < 4.78 is 0. The molecule has 0 aromatic carbocycles. The van der Waals surface area contributed by atoms with Crippen LogP contribution in [0.5, 0.6) is 0 Å². The van der Waals surface area contributed by atoms with Crippen LogP contribution in [0.2, 0.25) is 0 Å². The third-order valence-corrected chi connectivity index (χ3v) is 6.34. The lowest BCUT2D eigenvalue weighted by atomic mass is 9.47. The number of aromatic amines is 1. The van der Waals surface area contributed by atoms with Crippen LogP contribution in [-0.2, 0) is 10.2 Å². The zero-order chi connectivity index (χ0) is 17.2. The molecule has 1 heterocycles. The maximum Gasteiger partial charge on any atom is 0.226 e. The van der Waals surface area contributed by atoms with E-state index in [1.807, 2.05) is 6.07 Å². The molecule has 5 nitrogen and oxygen atoms in total. The quantitative estimate of drug-likeness (QED) is 0.794. The summed E-state index contributed by atoms with van der Waals surface area (Å²) in [5.74, 6) is 1.87. The average molecular weight is 331 g/mol. The van der Waals surface area contributed by atoms with E-state index in [-0.39, 0.29) is 16.7 Å². The van der Waals surface area contributed by atoms with Gasteiger partial charge in [-0.15, -0.1) is 0 Å². The lowest BCUT2D eigenvalue weighted by molar-refractivity contribution is -0.167. The fraction of sp³-hybridized carbons (Fsp3) is 0.789. The third-order valence-electron chi connectivity index (χ3n) is 6.34. The number of anilines is 1. The molecule has 2 atom stereocenters. The molecule has 4 aliphatic rings. The molecular weight excluding hydrogens is 302 g/mol. The van der Waals surface area contributed by atoms with E-state index >= 15 is 0 Å². The molecule has 0 spiro atoms. The Bertz CT molecular complexity index is 644. The molecule has 0 unspecified atom stereocenters. The Labute approximate surface area is 143 Å². The second-order valence-corrected chi connectivity index (χ2v) is 9.83. The molecule has 4 aliphatic carbocycles. The molecule has 3 N–H and O–H groups in total. The highest BCUT2D eigenvalue weighted by Gasteiger charge is 2.57. The van der Waals surface area contributed by atoms with Gasteiger partial charge in [0.05, 0.1) is 5.60 Å². The van der Waals surface area contributed by atoms with Gasteiger partial charge in [0.25, 0.3) is 0 Å². The molecule has 1 aromatic heterocycles. The molecule has 0 aliphatic heterocycles. The summed E-state index contributed by atoms with van der Waals surface area (Å²) in [5, 5.41) is 21.0. The zero-order valence-corrected chi connectivity index (χ0v) is 15.0. The number of rotatable bonds is 3. The fourth-order valence-electron chi connectivity index (χ4n) is 5.91. The smallest absolute Gasteiger partial charge is 0.226 e. The van der Waals surface area contributed by atoms with E-state index in [0.29, 0.717) is 24.1 Å². The Morgan fingerprint density at radius 2 is 2.00 bits per heavy atom. The minimum atomic E-state index is -0.504. The monoisotopic (exact) mass is 331 g/mol. The Morgan fingerprint density at radius 3 is 2.54 bits per heavy atom. The largest absolute Gasteiger partial charge is 0.390 e. The molecular formula is C19H29N3O2. The molecule has 1 aromatic rings. The van der Waals surface area contributed by atoms with Crippen LogP contribution in [0.15, 0.2) is 6.07 Å². The Kier molecular flexibility index (Phi) is 3.41. The van der Waals surface area contributed by atoms with Gasteiger partial charge in [-0.05, 0) is 55.8 Å². The third kappa shape index (κ3) is 2.87. The zero-order valence-electron chi connectivity index (χ0n) is 15.0. The summed E-state index contributed by atoms with van der Waals surface area (Å²) in [6, 6.07) is 1.92. The molecule has 4 fully saturated rings. The van der Waals surface area contributed by atoms with Crippen molar-refractivity contribution in [1.82, 2.24) is 10.2 Å². The second-order valence-electron chi connectivity index (χ2n) is 9.83. The number of aliphatic hydroxyl groups is 1. The minimum absolute atomic E-state index is 0.00603. The number of hydrogen-bond acceptors (Lipinski definition) is 3. The first kappa shape index (κ1) is 16.1. The predicted molar refractivity (Wildman–Crippen MR) is 92.6 cm³/mol. The summed E-state index contributed by atoms with van der Waals surface area (Å²) in [7, 11) is 0. The van der Waals surface area contributed by atoms with Crippen molar-refractivity contribution in [2.75, 3.05) is 5.32 Å². The van der Waals surface area contributed by atoms with Gasteiger partial charge in [0, 0.05) is 23.6 Å². The van der Waals surface area contributed by atoms with Crippen molar-refractivity contribution in [2.24, 2.45) is 17.3 Å². The van der Waals surface area contributed by atoms with Crippen LogP contribution in [0.4, 0.5) is 5.82 Å². The lowest BCUT2D eigenvalue weighted by Gasteiger charge is -2.60. The van der Waals surface area contributed by atoms with Crippen molar-refractivity contribution in [3.63, 3.8) is 0 Å². The number of carbonyl (C=O) groups is 1. The number of amides is 1. The Balaban J connectivity index is 1.44. The van der Waals surface area contributed by atoms with Crippen LogP contribution in [0.1, 0.15) is 71.4 Å². The van der Waals surface area contributed by atoms with Gasteiger partial charge in [0.1, 0.15) is 0 Å². The fourth-order valence-corrected chi connectivity index (χ4v) is 5.91. The van der Waals surface area contributed by atoms with Gasteiger partial charge in [-0.2, -0.15) is 5.10 Å². The standard InChI is InChI=1S/C19H29N3O2/c1-17(2,3)14-5-15(22-21-14)20-16(23)10-18-6-12-4-13(7-18)9-19(24,8-12)11-18/h5,12-13,24H,4,6-11H2,1-3H3,(H2,20,21,22,23)/t12-,13-,18?,19?/m1/s1. The van der Waals surface area contributed by atoms with Gasteiger partial charge in [0.15, 0.2) is 5.82 Å². The SMILES string of the molecule is CC(C)(C)c1cc(NC(=O)CC23C[C@H]4C[C@@H](CC(O)(C4)C2)C3)n[nH]1. The average Bonchev–Trinajstić information content (AvgIpc) is 2.82. The molecule has 0 radical (unpaired) electrons. The van der Waals surface area contributed by atoms with Crippen LogP contribution in [0.25, 0.3) is 0 Å². The topological polar surface area (TPSA) is 78.0 Å². The molecule has 4 saturated carbocycles.